The van der Waals surface area contributed by atoms with Crippen molar-refractivity contribution in [2.24, 2.45) is 9.98 Å². The predicted octanol–water partition coefficient (Wildman–Crippen LogP) is 3.06. The molecule has 0 fully saturated rings. The molecule has 4 heteroatoms. The van der Waals surface area contributed by atoms with Gasteiger partial charge in [0.25, 0.3) is 0 Å². The number of fused-ring (bicyclic) bond motifs is 1. The monoisotopic (exact) mass is 268 g/mol. The molecular formula is C16H16N2O2. The van der Waals surface area contributed by atoms with Crippen LogP contribution in [0.15, 0.2) is 52.4 Å². The first-order valence-electron chi connectivity index (χ1n) is 6.37. The largest absolute Gasteiger partial charge is 0.234 e. The van der Waals surface area contributed by atoms with Crippen molar-refractivity contribution in [3.05, 3.63) is 48.0 Å². The zero-order valence-corrected chi connectivity index (χ0v) is 11.4. The number of aliphatic imine (C=N–C) groups is 2. The smallest absolute Gasteiger partial charge is 0.211 e. The van der Waals surface area contributed by atoms with Crippen molar-refractivity contribution in [1.82, 2.24) is 0 Å². The molecule has 0 atom stereocenters. The van der Waals surface area contributed by atoms with Crippen LogP contribution in [0, 0.1) is 0 Å². The van der Waals surface area contributed by atoms with E-state index in [1.165, 1.54) is 22.4 Å². The topological polar surface area (TPSA) is 58.9 Å². The molecule has 0 saturated carbocycles. The molecule has 2 aromatic rings. The van der Waals surface area contributed by atoms with Crippen LogP contribution < -0.4 is 0 Å². The molecule has 0 aromatic heterocycles. The van der Waals surface area contributed by atoms with E-state index in [9.17, 15) is 4.79 Å². The second kappa shape index (κ2) is 9.40. The Hall–Kier alpha value is -2.54. The lowest BCUT2D eigenvalue weighted by Crippen LogP contribution is -1.90. The minimum Gasteiger partial charge on any atom is -0.211 e. The number of carbonyl (C=O) groups excluding carboxylic acids is 2. The van der Waals surface area contributed by atoms with Gasteiger partial charge in [-0.2, -0.15) is 0 Å². The van der Waals surface area contributed by atoms with Gasteiger partial charge < -0.3 is 0 Å². The van der Waals surface area contributed by atoms with Crippen LogP contribution in [0.4, 0.5) is 0 Å². The van der Waals surface area contributed by atoms with Crippen LogP contribution >= 0.6 is 0 Å². The molecule has 0 unspecified atom stereocenters. The van der Waals surface area contributed by atoms with E-state index >= 15 is 0 Å². The Bertz CT molecular complexity index is 634. The molecule has 0 amide bonds. The molecule has 0 saturated heterocycles. The third-order valence-corrected chi connectivity index (χ3v) is 2.66. The summed E-state index contributed by atoms with van der Waals surface area (Å²) in [5.74, 6) is 0. The number of benzene rings is 2. The van der Waals surface area contributed by atoms with Crippen molar-refractivity contribution in [3.8, 4) is 0 Å². The zero-order chi connectivity index (χ0) is 14.6. The molecule has 2 aromatic carbocycles. The Morgan fingerprint density at radius 2 is 1.65 bits per heavy atom. The maximum atomic E-state index is 9.97. The summed E-state index contributed by atoms with van der Waals surface area (Å²) in [7, 11) is 0. The van der Waals surface area contributed by atoms with E-state index in [0.29, 0.717) is 13.1 Å². The first-order valence-corrected chi connectivity index (χ1v) is 6.37. The van der Waals surface area contributed by atoms with Crippen molar-refractivity contribution in [3.63, 3.8) is 0 Å². The van der Waals surface area contributed by atoms with Crippen molar-refractivity contribution in [1.29, 1.82) is 0 Å². The Balaban J connectivity index is 0.000000347. The highest BCUT2D eigenvalue weighted by Gasteiger charge is 1.98. The number of hydrogen-bond donors (Lipinski definition) is 0. The fraction of sp³-hybridized carbons (Fsp3) is 0.250. The Kier molecular flexibility index (Phi) is 7.29. The van der Waals surface area contributed by atoms with Crippen LogP contribution in [0.2, 0.25) is 0 Å². The van der Waals surface area contributed by atoms with E-state index in [1.807, 2.05) is 18.2 Å². The van der Waals surface area contributed by atoms with Gasteiger partial charge in [0.15, 0.2) is 0 Å². The average molecular weight is 268 g/mol. The minimum atomic E-state index is 0.511. The van der Waals surface area contributed by atoms with Gasteiger partial charge in [-0.1, -0.05) is 42.5 Å². The van der Waals surface area contributed by atoms with Gasteiger partial charge in [-0.15, -0.1) is 0 Å². The van der Waals surface area contributed by atoms with Crippen LogP contribution in [-0.2, 0) is 16.0 Å². The highest BCUT2D eigenvalue weighted by atomic mass is 16.1. The van der Waals surface area contributed by atoms with E-state index in [4.69, 9.17) is 4.79 Å². The van der Waals surface area contributed by atoms with Gasteiger partial charge in [0.1, 0.15) is 0 Å². The highest BCUT2D eigenvalue weighted by Crippen LogP contribution is 2.18. The molecule has 0 spiro atoms. The maximum absolute atomic E-state index is 9.97. The SMILES string of the molecule is CCN=C=O.O=C=NCCc1cccc2ccccc12. The fourth-order valence-corrected chi connectivity index (χ4v) is 1.80. The molecule has 0 bridgehead atoms. The molecule has 0 aliphatic rings. The summed E-state index contributed by atoms with van der Waals surface area (Å²) in [5.41, 5.74) is 1.23. The summed E-state index contributed by atoms with van der Waals surface area (Å²) in [4.78, 5) is 25.8. The molecule has 0 radical (unpaired) electrons. The van der Waals surface area contributed by atoms with Gasteiger partial charge in [-0.3, -0.25) is 0 Å². The van der Waals surface area contributed by atoms with Crippen LogP contribution in [0.5, 0.6) is 0 Å². The average Bonchev–Trinajstić information content (AvgIpc) is 2.49. The highest BCUT2D eigenvalue weighted by molar-refractivity contribution is 5.85. The Morgan fingerprint density at radius 1 is 0.950 bits per heavy atom. The first-order chi connectivity index (χ1) is 9.83. The van der Waals surface area contributed by atoms with Gasteiger partial charge >= 0.3 is 0 Å². The molecule has 0 heterocycles. The summed E-state index contributed by atoms with van der Waals surface area (Å²) in [5, 5.41) is 2.46. The second-order valence-electron chi connectivity index (χ2n) is 3.93. The van der Waals surface area contributed by atoms with Crippen molar-refractivity contribution in [2.75, 3.05) is 13.1 Å². The van der Waals surface area contributed by atoms with Gasteiger partial charge in [0, 0.05) is 6.54 Å². The lowest BCUT2D eigenvalue weighted by molar-refractivity contribution is 0.562. The number of rotatable bonds is 4. The van der Waals surface area contributed by atoms with E-state index in [2.05, 4.69) is 34.3 Å². The predicted molar refractivity (Wildman–Crippen MR) is 79.3 cm³/mol. The van der Waals surface area contributed by atoms with Crippen molar-refractivity contribution in [2.45, 2.75) is 13.3 Å². The molecule has 0 N–H and O–H groups in total. The summed E-state index contributed by atoms with van der Waals surface area (Å²) >= 11 is 0. The molecule has 20 heavy (non-hydrogen) atoms. The van der Waals surface area contributed by atoms with Crippen LogP contribution in [0.25, 0.3) is 10.8 Å². The normalized spacial score (nSPS) is 8.85. The third kappa shape index (κ3) is 4.99. The molecular weight excluding hydrogens is 252 g/mol. The van der Waals surface area contributed by atoms with E-state index in [-0.39, 0.29) is 0 Å². The zero-order valence-electron chi connectivity index (χ0n) is 11.4. The van der Waals surface area contributed by atoms with Gasteiger partial charge in [-0.05, 0) is 29.7 Å². The lowest BCUT2D eigenvalue weighted by Gasteiger charge is -2.03. The summed E-state index contributed by atoms with van der Waals surface area (Å²) in [6.07, 6.45) is 3.74. The standard InChI is InChI=1S/C13H11NO.C3H5NO/c15-10-14-9-8-12-6-3-5-11-4-1-2-7-13(11)12;1-2-4-3-5/h1-7H,8-9H2;2H2,1H3. The van der Waals surface area contributed by atoms with Gasteiger partial charge in [0.05, 0.1) is 6.54 Å². The number of hydrogen-bond acceptors (Lipinski definition) is 4. The summed E-state index contributed by atoms with van der Waals surface area (Å²) in [6.45, 7) is 2.84. The number of isocyanates is 2. The lowest BCUT2D eigenvalue weighted by atomic mass is 10.0. The minimum absolute atomic E-state index is 0.511. The Labute approximate surface area is 117 Å². The summed E-state index contributed by atoms with van der Waals surface area (Å²) < 4.78 is 0. The van der Waals surface area contributed by atoms with Gasteiger partial charge in [0.2, 0.25) is 12.2 Å². The van der Waals surface area contributed by atoms with Gasteiger partial charge in [-0.25, -0.2) is 19.6 Å². The van der Waals surface area contributed by atoms with Crippen LogP contribution in [0.1, 0.15) is 12.5 Å². The number of nitrogens with zero attached hydrogens (tertiary/aromatic N) is 2. The quantitative estimate of drug-likeness (QED) is 0.632. The molecule has 0 aliphatic carbocycles. The molecule has 0 aliphatic heterocycles. The Morgan fingerprint density at radius 3 is 2.30 bits per heavy atom. The molecule has 4 nitrogen and oxygen atoms in total. The van der Waals surface area contributed by atoms with Crippen molar-refractivity contribution >= 4 is 22.9 Å². The van der Waals surface area contributed by atoms with Crippen molar-refractivity contribution < 1.29 is 9.59 Å². The van der Waals surface area contributed by atoms with Crippen LogP contribution in [-0.4, -0.2) is 25.2 Å². The van der Waals surface area contributed by atoms with E-state index < -0.39 is 0 Å². The second-order valence-corrected chi connectivity index (χ2v) is 3.93. The first kappa shape index (κ1) is 15.5. The molecule has 2 rings (SSSR count). The summed E-state index contributed by atoms with van der Waals surface area (Å²) in [6, 6.07) is 14.4. The third-order valence-electron chi connectivity index (χ3n) is 2.66. The fourth-order valence-electron chi connectivity index (χ4n) is 1.80. The maximum Gasteiger partial charge on any atom is 0.234 e. The van der Waals surface area contributed by atoms with E-state index in [1.54, 1.807) is 13.0 Å². The van der Waals surface area contributed by atoms with E-state index in [0.717, 1.165) is 6.42 Å². The molecule has 102 valence electrons. The van der Waals surface area contributed by atoms with Crippen LogP contribution in [0.3, 0.4) is 0 Å².